The minimum atomic E-state index is -0.960. The van der Waals surface area contributed by atoms with Gasteiger partial charge in [-0.05, 0) is 18.2 Å². The monoisotopic (exact) mass is 263 g/mol. The van der Waals surface area contributed by atoms with E-state index in [1.54, 1.807) is 12.1 Å². The molecule has 3 nitrogen and oxygen atoms in total. The van der Waals surface area contributed by atoms with E-state index in [9.17, 15) is 4.79 Å². The minimum absolute atomic E-state index is 0.0156. The Labute approximate surface area is 99.6 Å². The average Bonchev–Trinajstić information content (AvgIpc) is 2.18. The molecule has 0 saturated heterocycles. The van der Waals surface area contributed by atoms with E-state index in [2.05, 4.69) is 4.98 Å². The molecule has 6 heteroatoms. The molecule has 1 heterocycles. The van der Waals surface area contributed by atoms with E-state index >= 15 is 0 Å². The number of aromatic nitrogens is 1. The van der Waals surface area contributed by atoms with Crippen molar-refractivity contribution in [1.82, 2.24) is 4.98 Å². The van der Waals surface area contributed by atoms with Crippen LogP contribution in [-0.4, -0.2) is 4.98 Å². The fraction of sp³-hybridized carbons (Fsp3) is 0.111. The Balaban J connectivity index is 2.79. The van der Waals surface area contributed by atoms with Gasteiger partial charge in [0, 0.05) is 5.02 Å². The highest BCUT2D eigenvalue weighted by Gasteiger charge is 2.12. The molecule has 0 atom stereocenters. The normalized spacial score (nSPS) is 11.2. The summed E-state index contributed by atoms with van der Waals surface area (Å²) >= 11 is 16.8. The Hall–Kier alpha value is -0.770. The van der Waals surface area contributed by atoms with Gasteiger partial charge < -0.3 is 4.42 Å². The predicted octanol–water partition coefficient (Wildman–Crippen LogP) is 3.32. The average molecular weight is 264 g/mol. The van der Waals surface area contributed by atoms with Gasteiger partial charge in [-0.2, -0.15) is 0 Å². The molecule has 78 valence electrons. The highest BCUT2D eigenvalue weighted by atomic mass is 35.5. The number of rotatable bonds is 1. The van der Waals surface area contributed by atoms with Crippen LogP contribution in [0.5, 0.6) is 0 Å². The summed E-state index contributed by atoms with van der Waals surface area (Å²) in [7, 11) is 0. The van der Waals surface area contributed by atoms with Crippen molar-refractivity contribution < 1.29 is 4.42 Å². The summed E-state index contributed by atoms with van der Waals surface area (Å²) in [5.74, 6) is -0.0156. The van der Waals surface area contributed by atoms with Crippen molar-refractivity contribution in [2.45, 2.75) is 4.84 Å². The highest BCUT2D eigenvalue weighted by molar-refractivity contribution is 6.43. The van der Waals surface area contributed by atoms with Gasteiger partial charge in [-0.3, -0.25) is 0 Å². The molecule has 0 spiro atoms. The molecule has 2 rings (SSSR count). The van der Waals surface area contributed by atoms with E-state index in [0.717, 1.165) is 0 Å². The molecule has 1 aromatic heterocycles. The van der Waals surface area contributed by atoms with Gasteiger partial charge in [-0.1, -0.05) is 34.8 Å². The van der Waals surface area contributed by atoms with Crippen molar-refractivity contribution in [1.29, 1.82) is 0 Å². The number of alkyl halides is 2. The fourth-order valence-corrected chi connectivity index (χ4v) is 1.51. The van der Waals surface area contributed by atoms with E-state index in [1.165, 1.54) is 6.07 Å². The maximum absolute atomic E-state index is 11.5. The van der Waals surface area contributed by atoms with Crippen molar-refractivity contribution in [2.75, 3.05) is 0 Å². The van der Waals surface area contributed by atoms with E-state index in [1.807, 2.05) is 0 Å². The number of nitrogens with zero attached hydrogens (tertiary/aromatic N) is 1. The number of benzene rings is 1. The zero-order valence-corrected chi connectivity index (χ0v) is 9.47. The number of hydrogen-bond acceptors (Lipinski definition) is 3. The third-order valence-electron chi connectivity index (χ3n) is 1.79. The van der Waals surface area contributed by atoms with Crippen LogP contribution in [0.3, 0.4) is 0 Å². The second-order valence-electron chi connectivity index (χ2n) is 2.80. The predicted molar refractivity (Wildman–Crippen MR) is 59.7 cm³/mol. The largest absolute Gasteiger partial charge is 0.405 e. The number of fused-ring (bicyclic) bond motifs is 1. The zero-order valence-electron chi connectivity index (χ0n) is 7.21. The molecule has 0 aliphatic rings. The summed E-state index contributed by atoms with van der Waals surface area (Å²) in [5.41, 5.74) is -0.0965. The van der Waals surface area contributed by atoms with Crippen molar-refractivity contribution >= 4 is 45.7 Å². The van der Waals surface area contributed by atoms with Crippen LogP contribution < -0.4 is 5.63 Å². The Bertz CT molecular complexity index is 565. The van der Waals surface area contributed by atoms with Crippen LogP contribution in [0.4, 0.5) is 0 Å². The minimum Gasteiger partial charge on any atom is -0.405 e. The highest BCUT2D eigenvalue weighted by Crippen LogP contribution is 2.23. The molecular weight excluding hydrogens is 260 g/mol. The summed E-state index contributed by atoms with van der Waals surface area (Å²) in [4.78, 5) is 14.5. The van der Waals surface area contributed by atoms with Crippen LogP contribution in [0.15, 0.2) is 27.4 Å². The molecule has 0 radical (unpaired) electrons. The van der Waals surface area contributed by atoms with Crippen LogP contribution in [0.25, 0.3) is 10.9 Å². The topological polar surface area (TPSA) is 43.1 Å². The maximum Gasteiger partial charge on any atom is 0.346 e. The lowest BCUT2D eigenvalue weighted by Crippen LogP contribution is -2.04. The third kappa shape index (κ3) is 2.09. The number of hydrogen-bond donors (Lipinski definition) is 0. The van der Waals surface area contributed by atoms with Crippen LogP contribution in [-0.2, 0) is 0 Å². The second-order valence-corrected chi connectivity index (χ2v) is 4.33. The van der Waals surface area contributed by atoms with Gasteiger partial charge >= 0.3 is 5.63 Å². The molecule has 0 amide bonds. The van der Waals surface area contributed by atoms with Crippen LogP contribution in [0.1, 0.15) is 10.7 Å². The van der Waals surface area contributed by atoms with E-state index in [0.29, 0.717) is 15.9 Å². The van der Waals surface area contributed by atoms with Crippen LogP contribution >= 0.6 is 34.8 Å². The molecule has 0 aliphatic carbocycles. The Kier molecular flexibility index (Phi) is 2.87. The Morgan fingerprint density at radius 2 is 2.07 bits per heavy atom. The molecule has 2 aromatic rings. The number of halogens is 3. The van der Waals surface area contributed by atoms with Gasteiger partial charge in [-0.15, -0.1) is 0 Å². The molecule has 0 N–H and O–H groups in total. The van der Waals surface area contributed by atoms with Gasteiger partial charge in [0.15, 0.2) is 4.84 Å². The molecule has 1 aromatic carbocycles. The summed E-state index contributed by atoms with van der Waals surface area (Å²) in [6.45, 7) is 0. The summed E-state index contributed by atoms with van der Waals surface area (Å²) in [6, 6.07) is 4.71. The first kappa shape index (κ1) is 10.7. The molecule has 0 bridgehead atoms. The first-order valence-corrected chi connectivity index (χ1v) is 5.21. The third-order valence-corrected chi connectivity index (χ3v) is 2.40. The molecule has 0 aliphatic heterocycles. The van der Waals surface area contributed by atoms with Gasteiger partial charge in [0.2, 0.25) is 5.89 Å². The quantitative estimate of drug-likeness (QED) is 0.742. The van der Waals surface area contributed by atoms with Crippen molar-refractivity contribution in [3.63, 3.8) is 0 Å². The fourth-order valence-electron chi connectivity index (χ4n) is 1.15. The summed E-state index contributed by atoms with van der Waals surface area (Å²) in [5, 5.41) is 0.748. The summed E-state index contributed by atoms with van der Waals surface area (Å²) in [6.07, 6.45) is 0. The first-order chi connectivity index (χ1) is 7.08. The molecule has 15 heavy (non-hydrogen) atoms. The van der Waals surface area contributed by atoms with Gasteiger partial charge in [-0.25, -0.2) is 9.78 Å². The first-order valence-electron chi connectivity index (χ1n) is 3.96. The Morgan fingerprint density at radius 1 is 1.33 bits per heavy atom. The molecule has 0 fully saturated rings. The van der Waals surface area contributed by atoms with Crippen molar-refractivity contribution in [3.05, 3.63) is 39.5 Å². The molecule has 0 saturated carbocycles. The standard InChI is InChI=1S/C9H4Cl3NO2/c10-4-1-2-6-5(3-4)9(14)15-8(13-6)7(11)12/h1-3,7H. The van der Waals surface area contributed by atoms with Crippen LogP contribution in [0.2, 0.25) is 5.02 Å². The van der Waals surface area contributed by atoms with E-state index in [-0.39, 0.29) is 5.89 Å². The van der Waals surface area contributed by atoms with E-state index < -0.39 is 10.5 Å². The van der Waals surface area contributed by atoms with Crippen LogP contribution in [0, 0.1) is 0 Å². The lowest BCUT2D eigenvalue weighted by Gasteiger charge is -2.01. The van der Waals surface area contributed by atoms with Crippen molar-refractivity contribution in [2.24, 2.45) is 0 Å². The molecule has 0 unspecified atom stereocenters. The SMILES string of the molecule is O=c1oc(C(Cl)Cl)nc2ccc(Cl)cc12. The zero-order chi connectivity index (χ0) is 11.0. The smallest absolute Gasteiger partial charge is 0.346 e. The lowest BCUT2D eigenvalue weighted by atomic mass is 10.2. The molecular formula is C9H4Cl3NO2. The second kappa shape index (κ2) is 4.00. The van der Waals surface area contributed by atoms with Gasteiger partial charge in [0.1, 0.15) is 0 Å². The lowest BCUT2D eigenvalue weighted by molar-refractivity contribution is 0.459. The Morgan fingerprint density at radius 3 is 2.73 bits per heavy atom. The van der Waals surface area contributed by atoms with Crippen molar-refractivity contribution in [3.8, 4) is 0 Å². The maximum atomic E-state index is 11.5. The summed E-state index contributed by atoms with van der Waals surface area (Å²) < 4.78 is 4.82. The van der Waals surface area contributed by atoms with Gasteiger partial charge in [0.25, 0.3) is 0 Å². The van der Waals surface area contributed by atoms with E-state index in [4.69, 9.17) is 39.2 Å². The van der Waals surface area contributed by atoms with Gasteiger partial charge in [0.05, 0.1) is 10.9 Å².